The van der Waals surface area contributed by atoms with Gasteiger partial charge in [-0.3, -0.25) is 4.79 Å². The Morgan fingerprint density at radius 3 is 2.86 bits per heavy atom. The molecular formula is C9H16ClNO3. The smallest absolute Gasteiger partial charge is 0.240 e. The van der Waals surface area contributed by atoms with E-state index in [9.17, 15) is 9.90 Å². The van der Waals surface area contributed by atoms with Gasteiger partial charge in [-0.1, -0.05) is 0 Å². The van der Waals surface area contributed by atoms with E-state index in [-0.39, 0.29) is 12.0 Å². The van der Waals surface area contributed by atoms with Crippen LogP contribution in [0, 0.1) is 0 Å². The highest BCUT2D eigenvalue weighted by Crippen LogP contribution is 2.15. The molecule has 1 saturated heterocycles. The van der Waals surface area contributed by atoms with Crippen LogP contribution in [-0.2, 0) is 9.53 Å². The fourth-order valence-corrected chi connectivity index (χ4v) is 1.70. The monoisotopic (exact) mass is 221 g/mol. The highest BCUT2D eigenvalue weighted by Gasteiger charge is 2.35. The second-order valence-corrected chi connectivity index (χ2v) is 4.08. The number of rotatable bonds is 3. The molecule has 82 valence electrons. The summed E-state index contributed by atoms with van der Waals surface area (Å²) in [5.74, 6) is -0.145. The van der Waals surface area contributed by atoms with Crippen LogP contribution in [0.1, 0.15) is 13.8 Å². The van der Waals surface area contributed by atoms with E-state index >= 15 is 0 Å². The molecule has 0 spiro atoms. The van der Waals surface area contributed by atoms with Crippen molar-refractivity contribution in [2.45, 2.75) is 31.4 Å². The number of ether oxygens (including phenoxy) is 1. The van der Waals surface area contributed by atoms with Crippen LogP contribution in [0.4, 0.5) is 0 Å². The molecule has 0 unspecified atom stereocenters. The van der Waals surface area contributed by atoms with Crippen molar-refractivity contribution in [1.82, 2.24) is 4.90 Å². The van der Waals surface area contributed by atoms with E-state index in [1.807, 2.05) is 6.92 Å². The molecule has 1 fully saturated rings. The first-order valence-corrected chi connectivity index (χ1v) is 5.22. The van der Waals surface area contributed by atoms with Crippen LogP contribution in [0.25, 0.3) is 0 Å². The molecule has 0 aromatic carbocycles. The number of halogens is 1. The Morgan fingerprint density at radius 1 is 1.71 bits per heavy atom. The van der Waals surface area contributed by atoms with Crippen molar-refractivity contribution in [3.05, 3.63) is 0 Å². The lowest BCUT2D eigenvalue weighted by molar-refractivity contribution is -0.130. The molecule has 1 rings (SSSR count). The molecule has 4 nitrogen and oxygen atoms in total. The molecule has 1 N–H and O–H groups in total. The van der Waals surface area contributed by atoms with Crippen molar-refractivity contribution < 1.29 is 14.6 Å². The number of carbonyl (C=O) groups excluding carboxylic acids is 1. The van der Waals surface area contributed by atoms with Gasteiger partial charge in [0.25, 0.3) is 0 Å². The summed E-state index contributed by atoms with van der Waals surface area (Å²) in [4.78, 5) is 13.0. The highest BCUT2D eigenvalue weighted by atomic mass is 35.5. The molecule has 1 amide bonds. The number of nitrogens with zero attached hydrogens (tertiary/aromatic N) is 1. The largest absolute Gasteiger partial charge is 0.388 e. The van der Waals surface area contributed by atoms with E-state index in [0.717, 1.165) is 0 Å². The predicted octanol–water partition coefficient (Wildman–Crippen LogP) is 0.222. The number of aliphatic hydroxyl groups is 1. The van der Waals surface area contributed by atoms with Crippen LogP contribution in [0.2, 0.25) is 0 Å². The molecule has 0 saturated carbocycles. The molecule has 0 aromatic rings. The Balaban J connectivity index is 2.49. The van der Waals surface area contributed by atoms with E-state index < -0.39 is 11.5 Å². The van der Waals surface area contributed by atoms with Gasteiger partial charge in [-0.2, -0.15) is 0 Å². The standard InChI is InChI=1S/C9H16ClNO3/c1-3-14-8-5-11(4-7(8)12)9(13)6(2)10/h6-8,12H,3-5H2,1-2H3/t6-,7+,8-/m1/s1. The summed E-state index contributed by atoms with van der Waals surface area (Å²) < 4.78 is 5.29. The number of β-amino-alcohol motifs (C(OH)–C–C–N with tert-alkyl or cyclic N) is 1. The highest BCUT2D eigenvalue weighted by molar-refractivity contribution is 6.30. The summed E-state index contributed by atoms with van der Waals surface area (Å²) in [6.45, 7) is 4.79. The number of aliphatic hydroxyl groups excluding tert-OH is 1. The summed E-state index contributed by atoms with van der Waals surface area (Å²) in [7, 11) is 0. The van der Waals surface area contributed by atoms with Crippen molar-refractivity contribution in [2.24, 2.45) is 0 Å². The number of hydrogen-bond acceptors (Lipinski definition) is 3. The maximum absolute atomic E-state index is 11.5. The molecule has 14 heavy (non-hydrogen) atoms. The second-order valence-electron chi connectivity index (χ2n) is 3.42. The summed E-state index contributed by atoms with van der Waals surface area (Å²) in [6, 6.07) is 0. The van der Waals surface area contributed by atoms with Crippen LogP contribution in [0.5, 0.6) is 0 Å². The summed E-state index contributed by atoms with van der Waals surface area (Å²) >= 11 is 5.67. The maximum Gasteiger partial charge on any atom is 0.240 e. The molecule has 0 radical (unpaired) electrons. The quantitative estimate of drug-likeness (QED) is 0.694. The molecule has 1 heterocycles. The van der Waals surface area contributed by atoms with Gasteiger partial charge in [0.2, 0.25) is 5.91 Å². The van der Waals surface area contributed by atoms with Crippen molar-refractivity contribution in [1.29, 1.82) is 0 Å². The topological polar surface area (TPSA) is 49.8 Å². The predicted molar refractivity (Wildman–Crippen MR) is 53.3 cm³/mol. The Hall–Kier alpha value is -0.320. The first kappa shape index (κ1) is 11.8. The van der Waals surface area contributed by atoms with Crippen molar-refractivity contribution in [3.63, 3.8) is 0 Å². The molecule has 5 heteroatoms. The normalized spacial score (nSPS) is 29.3. The van der Waals surface area contributed by atoms with Gasteiger partial charge in [0.05, 0.1) is 6.10 Å². The summed E-state index contributed by atoms with van der Waals surface area (Å²) in [5, 5.41) is 9.02. The van der Waals surface area contributed by atoms with Crippen molar-refractivity contribution in [2.75, 3.05) is 19.7 Å². The van der Waals surface area contributed by atoms with E-state index in [4.69, 9.17) is 16.3 Å². The second kappa shape index (κ2) is 4.96. The van der Waals surface area contributed by atoms with Gasteiger partial charge in [0.15, 0.2) is 0 Å². The minimum Gasteiger partial charge on any atom is -0.388 e. The van der Waals surface area contributed by atoms with Crippen LogP contribution < -0.4 is 0 Å². The third-order valence-corrected chi connectivity index (χ3v) is 2.46. The zero-order chi connectivity index (χ0) is 10.7. The number of hydrogen-bond donors (Lipinski definition) is 1. The number of carbonyl (C=O) groups is 1. The lowest BCUT2D eigenvalue weighted by Gasteiger charge is -2.16. The SMILES string of the molecule is CCO[C@@H]1CN(C(=O)[C@@H](C)Cl)C[C@@H]1O. The van der Waals surface area contributed by atoms with Gasteiger partial charge >= 0.3 is 0 Å². The van der Waals surface area contributed by atoms with Crippen LogP contribution in [-0.4, -0.2) is 53.2 Å². The Labute approximate surface area is 88.8 Å². The molecule has 1 aliphatic heterocycles. The molecule has 3 atom stereocenters. The van der Waals surface area contributed by atoms with Crippen LogP contribution >= 0.6 is 11.6 Å². The first-order chi connectivity index (χ1) is 6.56. The fraction of sp³-hybridized carbons (Fsp3) is 0.889. The Morgan fingerprint density at radius 2 is 2.36 bits per heavy atom. The molecule has 1 aliphatic rings. The van der Waals surface area contributed by atoms with Crippen molar-refractivity contribution >= 4 is 17.5 Å². The molecule has 0 aromatic heterocycles. The van der Waals surface area contributed by atoms with E-state index in [2.05, 4.69) is 0 Å². The van der Waals surface area contributed by atoms with Crippen LogP contribution in [0.15, 0.2) is 0 Å². The molecule has 0 aliphatic carbocycles. The molecular weight excluding hydrogens is 206 g/mol. The fourth-order valence-electron chi connectivity index (χ4n) is 1.57. The minimum absolute atomic E-state index is 0.145. The molecule has 0 bridgehead atoms. The van der Waals surface area contributed by atoms with Gasteiger partial charge in [0, 0.05) is 19.7 Å². The maximum atomic E-state index is 11.5. The average molecular weight is 222 g/mol. The lowest BCUT2D eigenvalue weighted by Crippen LogP contribution is -2.34. The summed E-state index contributed by atoms with van der Waals surface area (Å²) in [6.07, 6.45) is -0.853. The van der Waals surface area contributed by atoms with E-state index in [0.29, 0.717) is 19.7 Å². The van der Waals surface area contributed by atoms with Gasteiger partial charge < -0.3 is 14.7 Å². The van der Waals surface area contributed by atoms with Crippen molar-refractivity contribution in [3.8, 4) is 0 Å². The Bertz CT molecular complexity index is 210. The number of likely N-dealkylation sites (tertiary alicyclic amines) is 1. The van der Waals surface area contributed by atoms with Gasteiger partial charge in [0.1, 0.15) is 11.5 Å². The first-order valence-electron chi connectivity index (χ1n) is 4.78. The van der Waals surface area contributed by atoms with E-state index in [1.54, 1.807) is 11.8 Å². The average Bonchev–Trinajstić information content (AvgIpc) is 2.47. The van der Waals surface area contributed by atoms with Gasteiger partial charge in [-0.15, -0.1) is 11.6 Å². The third-order valence-electron chi connectivity index (χ3n) is 2.27. The summed E-state index contributed by atoms with van der Waals surface area (Å²) in [5.41, 5.74) is 0. The van der Waals surface area contributed by atoms with Crippen LogP contribution in [0.3, 0.4) is 0 Å². The zero-order valence-corrected chi connectivity index (χ0v) is 9.20. The third kappa shape index (κ3) is 2.59. The van der Waals surface area contributed by atoms with Gasteiger partial charge in [-0.05, 0) is 13.8 Å². The minimum atomic E-state index is -0.589. The Kier molecular flexibility index (Phi) is 4.16. The number of amides is 1. The zero-order valence-electron chi connectivity index (χ0n) is 8.44. The van der Waals surface area contributed by atoms with Gasteiger partial charge in [-0.25, -0.2) is 0 Å². The lowest BCUT2D eigenvalue weighted by atomic mass is 10.3. The number of alkyl halides is 1. The van der Waals surface area contributed by atoms with E-state index in [1.165, 1.54) is 0 Å².